The first-order valence-corrected chi connectivity index (χ1v) is 8.06. The van der Waals surface area contributed by atoms with Gasteiger partial charge >= 0.3 is 0 Å². The molecule has 2 aliphatic rings. The molecule has 1 aromatic rings. The highest BCUT2D eigenvalue weighted by Gasteiger charge is 2.47. The predicted molar refractivity (Wildman–Crippen MR) is 81.0 cm³/mol. The molecule has 3 heteroatoms. The van der Waals surface area contributed by atoms with Crippen molar-refractivity contribution < 1.29 is 4.74 Å². The van der Waals surface area contributed by atoms with Crippen molar-refractivity contribution in [2.45, 2.75) is 63.0 Å². The maximum Gasteiger partial charge on any atom is 0.0841 e. The Morgan fingerprint density at radius 3 is 2.95 bits per heavy atom. The number of pyridine rings is 1. The average molecular weight is 274 g/mol. The van der Waals surface area contributed by atoms with Crippen molar-refractivity contribution in [3.8, 4) is 0 Å². The van der Waals surface area contributed by atoms with Crippen LogP contribution in [0.4, 0.5) is 0 Å². The summed E-state index contributed by atoms with van der Waals surface area (Å²) in [6.45, 7) is 2.92. The fourth-order valence-electron chi connectivity index (χ4n) is 4.41. The zero-order chi connectivity index (χ0) is 14.0. The molecule has 1 aromatic heterocycles. The van der Waals surface area contributed by atoms with Crippen molar-refractivity contribution in [2.24, 2.45) is 0 Å². The molecule has 3 nitrogen and oxygen atoms in total. The Balaban J connectivity index is 1.90. The standard InChI is InChI=1S/C17H26N2O/c1-3-20-17(10-4-5-11-17)16(18-2)14-9-8-13-7-6-12-19-15(13)14/h6-7,12,14,16,18H,3-5,8-11H2,1-2H3. The lowest BCUT2D eigenvalue weighted by molar-refractivity contribution is -0.0662. The molecule has 0 saturated heterocycles. The second-order valence-electron chi connectivity index (χ2n) is 6.16. The first-order chi connectivity index (χ1) is 9.80. The Hall–Kier alpha value is -0.930. The molecule has 0 radical (unpaired) electrons. The topological polar surface area (TPSA) is 34.1 Å². The number of aromatic nitrogens is 1. The molecule has 1 N–H and O–H groups in total. The monoisotopic (exact) mass is 274 g/mol. The third-order valence-electron chi connectivity index (χ3n) is 5.16. The van der Waals surface area contributed by atoms with Gasteiger partial charge in [-0.25, -0.2) is 0 Å². The lowest BCUT2D eigenvalue weighted by atomic mass is 9.81. The van der Waals surface area contributed by atoms with Crippen molar-refractivity contribution in [3.05, 3.63) is 29.6 Å². The van der Waals surface area contributed by atoms with Crippen molar-refractivity contribution in [3.63, 3.8) is 0 Å². The normalized spacial score (nSPS) is 25.6. The van der Waals surface area contributed by atoms with Gasteiger partial charge in [0.2, 0.25) is 0 Å². The fraction of sp³-hybridized carbons (Fsp3) is 0.706. The van der Waals surface area contributed by atoms with Crippen LogP contribution in [0.25, 0.3) is 0 Å². The number of aryl methyl sites for hydroxylation is 1. The van der Waals surface area contributed by atoms with Crippen LogP contribution in [0, 0.1) is 0 Å². The molecule has 1 fully saturated rings. The summed E-state index contributed by atoms with van der Waals surface area (Å²) < 4.78 is 6.28. The van der Waals surface area contributed by atoms with Crippen molar-refractivity contribution >= 4 is 0 Å². The Labute approximate surface area is 122 Å². The van der Waals surface area contributed by atoms with Gasteiger partial charge in [-0.05, 0) is 51.3 Å². The second-order valence-corrected chi connectivity index (χ2v) is 6.16. The molecule has 0 bridgehead atoms. The van der Waals surface area contributed by atoms with E-state index >= 15 is 0 Å². The molecule has 3 rings (SSSR count). The van der Waals surface area contributed by atoms with Gasteiger partial charge < -0.3 is 10.1 Å². The smallest absolute Gasteiger partial charge is 0.0841 e. The lowest BCUT2D eigenvalue weighted by Gasteiger charge is -2.40. The molecule has 2 unspecified atom stereocenters. The van der Waals surface area contributed by atoms with Gasteiger partial charge in [0.15, 0.2) is 0 Å². The highest BCUT2D eigenvalue weighted by atomic mass is 16.5. The number of rotatable bonds is 5. The summed E-state index contributed by atoms with van der Waals surface area (Å²) in [7, 11) is 2.09. The molecular formula is C17H26N2O. The number of ether oxygens (including phenoxy) is 1. The van der Waals surface area contributed by atoms with Crippen LogP contribution >= 0.6 is 0 Å². The Bertz CT molecular complexity index is 454. The number of fused-ring (bicyclic) bond motifs is 1. The van der Waals surface area contributed by atoms with Gasteiger partial charge in [0, 0.05) is 30.5 Å². The van der Waals surface area contributed by atoms with Crippen molar-refractivity contribution in [1.82, 2.24) is 10.3 Å². The van der Waals surface area contributed by atoms with Crippen LogP contribution in [0.1, 0.15) is 56.2 Å². The van der Waals surface area contributed by atoms with Gasteiger partial charge in [0.1, 0.15) is 0 Å². The number of nitrogens with zero attached hydrogens (tertiary/aromatic N) is 1. The van der Waals surface area contributed by atoms with Crippen LogP contribution < -0.4 is 5.32 Å². The molecular weight excluding hydrogens is 248 g/mol. The summed E-state index contributed by atoms with van der Waals surface area (Å²) in [5.41, 5.74) is 2.76. The van der Waals surface area contributed by atoms with Crippen molar-refractivity contribution in [2.75, 3.05) is 13.7 Å². The predicted octanol–water partition coefficient (Wildman–Crippen LogP) is 3.05. The van der Waals surface area contributed by atoms with Crippen LogP contribution in [0.15, 0.2) is 18.3 Å². The summed E-state index contributed by atoms with van der Waals surface area (Å²) in [4.78, 5) is 4.68. The van der Waals surface area contributed by atoms with Crippen LogP contribution in [0.3, 0.4) is 0 Å². The quantitative estimate of drug-likeness (QED) is 0.896. The number of hydrogen-bond donors (Lipinski definition) is 1. The highest BCUT2D eigenvalue weighted by molar-refractivity contribution is 5.31. The summed E-state index contributed by atoms with van der Waals surface area (Å²) in [6.07, 6.45) is 9.25. The molecule has 2 aliphatic carbocycles. The van der Waals surface area contributed by atoms with E-state index in [0.29, 0.717) is 12.0 Å². The SMILES string of the molecule is CCOC1(C(NC)C2CCc3cccnc32)CCCC1. The van der Waals surface area contributed by atoms with Gasteiger partial charge in [-0.2, -0.15) is 0 Å². The van der Waals surface area contributed by atoms with E-state index in [9.17, 15) is 0 Å². The molecule has 0 amide bonds. The molecule has 0 spiro atoms. The summed E-state index contributed by atoms with van der Waals surface area (Å²) in [5, 5.41) is 3.59. The summed E-state index contributed by atoms with van der Waals surface area (Å²) >= 11 is 0. The minimum atomic E-state index is 0.0211. The van der Waals surface area contributed by atoms with Gasteiger partial charge in [-0.1, -0.05) is 18.9 Å². The molecule has 1 saturated carbocycles. The Morgan fingerprint density at radius 1 is 1.45 bits per heavy atom. The zero-order valence-electron chi connectivity index (χ0n) is 12.7. The lowest BCUT2D eigenvalue weighted by Crippen LogP contribution is -2.52. The molecule has 20 heavy (non-hydrogen) atoms. The van der Waals surface area contributed by atoms with Crippen LogP contribution in [0.5, 0.6) is 0 Å². The molecule has 110 valence electrons. The molecule has 2 atom stereocenters. The first kappa shape index (κ1) is 14.0. The van der Waals surface area contributed by atoms with E-state index in [-0.39, 0.29) is 5.60 Å². The van der Waals surface area contributed by atoms with Gasteiger partial charge in [-0.3, -0.25) is 4.98 Å². The van der Waals surface area contributed by atoms with Crippen LogP contribution in [0.2, 0.25) is 0 Å². The summed E-state index contributed by atoms with van der Waals surface area (Å²) in [6, 6.07) is 4.68. The maximum atomic E-state index is 6.28. The van der Waals surface area contributed by atoms with E-state index < -0.39 is 0 Å². The molecule has 1 heterocycles. The molecule has 0 aliphatic heterocycles. The molecule has 0 aromatic carbocycles. The van der Waals surface area contributed by atoms with Gasteiger partial charge in [-0.15, -0.1) is 0 Å². The van der Waals surface area contributed by atoms with Crippen LogP contribution in [-0.2, 0) is 11.2 Å². The Kier molecular flexibility index (Phi) is 4.08. The minimum absolute atomic E-state index is 0.0211. The maximum absolute atomic E-state index is 6.28. The van der Waals surface area contributed by atoms with Crippen LogP contribution in [-0.4, -0.2) is 30.3 Å². The van der Waals surface area contributed by atoms with E-state index in [1.54, 1.807) is 0 Å². The third-order valence-corrected chi connectivity index (χ3v) is 5.16. The highest BCUT2D eigenvalue weighted by Crippen LogP contribution is 2.44. The zero-order valence-corrected chi connectivity index (χ0v) is 12.7. The summed E-state index contributed by atoms with van der Waals surface area (Å²) in [5.74, 6) is 0.501. The van der Waals surface area contributed by atoms with E-state index in [0.717, 1.165) is 13.0 Å². The first-order valence-electron chi connectivity index (χ1n) is 8.06. The number of nitrogens with one attached hydrogen (secondary N) is 1. The van der Waals surface area contributed by atoms with E-state index in [1.807, 2.05) is 6.20 Å². The van der Waals surface area contributed by atoms with Gasteiger partial charge in [0.05, 0.1) is 5.60 Å². The van der Waals surface area contributed by atoms with E-state index in [2.05, 4.69) is 36.4 Å². The second kappa shape index (κ2) is 5.82. The number of hydrogen-bond acceptors (Lipinski definition) is 3. The third kappa shape index (κ3) is 2.27. The largest absolute Gasteiger partial charge is 0.374 e. The van der Waals surface area contributed by atoms with Crippen molar-refractivity contribution in [1.29, 1.82) is 0 Å². The fourth-order valence-corrected chi connectivity index (χ4v) is 4.41. The van der Waals surface area contributed by atoms with E-state index in [4.69, 9.17) is 4.74 Å². The average Bonchev–Trinajstić information content (AvgIpc) is 3.09. The van der Waals surface area contributed by atoms with Gasteiger partial charge in [0.25, 0.3) is 0 Å². The minimum Gasteiger partial charge on any atom is -0.374 e. The van der Waals surface area contributed by atoms with E-state index in [1.165, 1.54) is 43.4 Å². The Morgan fingerprint density at radius 2 is 2.25 bits per heavy atom. The number of likely N-dealkylation sites (N-methyl/N-ethyl adjacent to an activating group) is 1.